The Balaban J connectivity index is 1.05. The number of fused-ring (bicyclic) bond motifs is 1. The molecule has 5 rings (SSSR count). The van der Waals surface area contributed by atoms with Gasteiger partial charge in [-0.2, -0.15) is 0 Å². The first-order chi connectivity index (χ1) is 15.6. The van der Waals surface area contributed by atoms with Crippen LogP contribution in [0.15, 0.2) is 48.5 Å². The van der Waals surface area contributed by atoms with Crippen LogP contribution in [0.3, 0.4) is 0 Å². The van der Waals surface area contributed by atoms with Crippen LogP contribution in [0.1, 0.15) is 30.4 Å². The van der Waals surface area contributed by atoms with E-state index in [-0.39, 0.29) is 11.8 Å². The monoisotopic (exact) mass is 431 g/mol. The number of amides is 1. The van der Waals surface area contributed by atoms with Crippen molar-refractivity contribution in [3.05, 3.63) is 59.7 Å². The summed E-state index contributed by atoms with van der Waals surface area (Å²) in [4.78, 5) is 25.7. The highest BCUT2D eigenvalue weighted by Gasteiger charge is 2.28. The number of anilines is 1. The molecule has 168 valence electrons. The lowest BCUT2D eigenvalue weighted by Crippen LogP contribution is -2.42. The van der Waals surface area contributed by atoms with Crippen LogP contribution >= 0.6 is 0 Å². The maximum absolute atomic E-state index is 12.8. The summed E-state index contributed by atoms with van der Waals surface area (Å²) in [7, 11) is 0. The molecule has 1 unspecified atom stereocenters. The normalized spacial score (nSPS) is 20.2. The third-order valence-corrected chi connectivity index (χ3v) is 7.00. The van der Waals surface area contributed by atoms with Gasteiger partial charge < -0.3 is 15.2 Å². The number of rotatable bonds is 6. The maximum atomic E-state index is 12.8. The SMILES string of the molecule is Cc1ccc(CN2CCC(CNC(=O)C3CCN(c4nc5ccccc5[nH]4)CC3)C2)cc1. The van der Waals surface area contributed by atoms with Gasteiger partial charge in [0.15, 0.2) is 0 Å². The number of carbonyl (C=O) groups is 1. The zero-order chi connectivity index (χ0) is 21.9. The number of hydrogen-bond donors (Lipinski definition) is 2. The zero-order valence-corrected chi connectivity index (χ0v) is 18.9. The van der Waals surface area contributed by atoms with Crippen molar-refractivity contribution in [2.24, 2.45) is 11.8 Å². The Morgan fingerprint density at radius 3 is 2.62 bits per heavy atom. The van der Waals surface area contributed by atoms with Crippen LogP contribution < -0.4 is 10.2 Å². The molecule has 2 fully saturated rings. The molecule has 2 aliphatic rings. The largest absolute Gasteiger partial charge is 0.356 e. The Bertz CT molecular complexity index is 1020. The lowest BCUT2D eigenvalue weighted by molar-refractivity contribution is -0.125. The fraction of sp³-hybridized carbons (Fsp3) is 0.462. The van der Waals surface area contributed by atoms with E-state index in [2.05, 4.69) is 57.4 Å². The van der Waals surface area contributed by atoms with Crippen LogP contribution in [0, 0.1) is 18.8 Å². The smallest absolute Gasteiger partial charge is 0.223 e. The van der Waals surface area contributed by atoms with Crippen LogP contribution in [0.2, 0.25) is 0 Å². The van der Waals surface area contributed by atoms with Gasteiger partial charge in [0.1, 0.15) is 0 Å². The first kappa shape index (κ1) is 21.0. The predicted octanol–water partition coefficient (Wildman–Crippen LogP) is 3.73. The number of hydrogen-bond acceptors (Lipinski definition) is 4. The number of nitrogens with zero attached hydrogens (tertiary/aromatic N) is 3. The minimum atomic E-state index is 0.112. The quantitative estimate of drug-likeness (QED) is 0.624. The third kappa shape index (κ3) is 4.80. The number of nitrogens with one attached hydrogen (secondary N) is 2. The number of likely N-dealkylation sites (tertiary alicyclic amines) is 1. The van der Waals surface area contributed by atoms with Gasteiger partial charge in [-0.3, -0.25) is 9.69 Å². The van der Waals surface area contributed by atoms with Crippen LogP contribution in [0.25, 0.3) is 11.0 Å². The number of H-pyrrole nitrogens is 1. The Morgan fingerprint density at radius 2 is 1.84 bits per heavy atom. The number of aromatic amines is 1. The zero-order valence-electron chi connectivity index (χ0n) is 18.9. The van der Waals surface area contributed by atoms with Crippen molar-refractivity contribution in [2.75, 3.05) is 37.6 Å². The van der Waals surface area contributed by atoms with E-state index in [1.54, 1.807) is 0 Å². The highest BCUT2D eigenvalue weighted by molar-refractivity contribution is 5.79. The number of aromatic nitrogens is 2. The topological polar surface area (TPSA) is 64.3 Å². The Labute approximate surface area is 190 Å². The molecule has 6 heteroatoms. The summed E-state index contributed by atoms with van der Waals surface area (Å²) in [5, 5.41) is 3.25. The highest BCUT2D eigenvalue weighted by atomic mass is 16.1. The van der Waals surface area contributed by atoms with Crippen LogP contribution in [-0.2, 0) is 11.3 Å². The first-order valence-corrected chi connectivity index (χ1v) is 11.9. The number of benzene rings is 2. The first-order valence-electron chi connectivity index (χ1n) is 11.9. The van der Waals surface area contributed by atoms with E-state index < -0.39 is 0 Å². The van der Waals surface area contributed by atoms with Crippen molar-refractivity contribution in [2.45, 2.75) is 32.7 Å². The van der Waals surface area contributed by atoms with E-state index in [0.717, 1.165) is 75.5 Å². The summed E-state index contributed by atoms with van der Waals surface area (Å²) in [6.45, 7) is 7.85. The van der Waals surface area contributed by atoms with Gasteiger partial charge in [0.25, 0.3) is 0 Å². The number of imidazole rings is 1. The third-order valence-electron chi connectivity index (χ3n) is 7.00. The molecule has 0 saturated carbocycles. The van der Waals surface area contributed by atoms with Crippen molar-refractivity contribution in [3.63, 3.8) is 0 Å². The minimum absolute atomic E-state index is 0.112. The predicted molar refractivity (Wildman–Crippen MR) is 129 cm³/mol. The Morgan fingerprint density at radius 1 is 1.06 bits per heavy atom. The van der Waals surface area contributed by atoms with Gasteiger partial charge in [0.2, 0.25) is 11.9 Å². The molecule has 2 N–H and O–H groups in total. The van der Waals surface area contributed by atoms with Gasteiger partial charge in [0.05, 0.1) is 11.0 Å². The van der Waals surface area contributed by atoms with Gasteiger partial charge in [-0.1, -0.05) is 42.0 Å². The van der Waals surface area contributed by atoms with Crippen molar-refractivity contribution >= 4 is 22.9 Å². The molecular weight excluding hydrogens is 398 g/mol. The fourth-order valence-electron chi connectivity index (χ4n) is 5.01. The molecule has 0 spiro atoms. The average Bonchev–Trinajstić information content (AvgIpc) is 3.46. The van der Waals surface area contributed by atoms with Gasteiger partial charge in [-0.15, -0.1) is 0 Å². The molecule has 0 aliphatic carbocycles. The lowest BCUT2D eigenvalue weighted by atomic mass is 9.96. The second-order valence-corrected chi connectivity index (χ2v) is 9.46. The van der Waals surface area contributed by atoms with Gasteiger partial charge in [0, 0.05) is 38.6 Å². The Kier molecular flexibility index (Phi) is 6.12. The standard InChI is InChI=1S/C26H33N5O/c1-19-6-8-20(9-7-19)17-30-13-10-21(18-30)16-27-25(32)22-11-14-31(15-12-22)26-28-23-4-2-3-5-24(23)29-26/h2-9,21-22H,10-18H2,1H3,(H,27,32)(H,28,29). The molecule has 32 heavy (non-hydrogen) atoms. The second-order valence-electron chi connectivity index (χ2n) is 9.46. The van der Waals surface area contributed by atoms with E-state index >= 15 is 0 Å². The molecular formula is C26H33N5O. The number of aryl methyl sites for hydroxylation is 1. The summed E-state index contributed by atoms with van der Waals surface area (Å²) >= 11 is 0. The molecule has 2 saturated heterocycles. The maximum Gasteiger partial charge on any atom is 0.223 e. The molecule has 6 nitrogen and oxygen atoms in total. The molecule has 1 atom stereocenters. The van der Waals surface area contributed by atoms with E-state index in [9.17, 15) is 4.79 Å². The fourth-order valence-corrected chi connectivity index (χ4v) is 5.01. The van der Waals surface area contributed by atoms with Gasteiger partial charge >= 0.3 is 0 Å². The van der Waals surface area contributed by atoms with E-state index in [1.165, 1.54) is 11.1 Å². The van der Waals surface area contributed by atoms with Crippen molar-refractivity contribution in [3.8, 4) is 0 Å². The molecule has 2 aliphatic heterocycles. The van der Waals surface area contributed by atoms with Crippen LogP contribution in [-0.4, -0.2) is 53.5 Å². The lowest BCUT2D eigenvalue weighted by Gasteiger charge is -2.31. The second kappa shape index (κ2) is 9.33. The summed E-state index contributed by atoms with van der Waals surface area (Å²) in [5.41, 5.74) is 4.74. The van der Waals surface area contributed by atoms with E-state index in [4.69, 9.17) is 4.98 Å². The summed E-state index contributed by atoms with van der Waals surface area (Å²) in [6, 6.07) is 16.9. The summed E-state index contributed by atoms with van der Waals surface area (Å²) < 4.78 is 0. The number of piperidine rings is 1. The van der Waals surface area contributed by atoms with Crippen molar-refractivity contribution in [1.29, 1.82) is 0 Å². The number of para-hydroxylation sites is 2. The molecule has 2 aromatic carbocycles. The van der Waals surface area contributed by atoms with Crippen LogP contribution in [0.5, 0.6) is 0 Å². The minimum Gasteiger partial charge on any atom is -0.356 e. The molecule has 1 aromatic heterocycles. The van der Waals surface area contributed by atoms with E-state index in [0.29, 0.717) is 5.92 Å². The van der Waals surface area contributed by atoms with Crippen molar-refractivity contribution in [1.82, 2.24) is 20.2 Å². The van der Waals surface area contributed by atoms with Gasteiger partial charge in [-0.25, -0.2) is 4.98 Å². The summed E-state index contributed by atoms with van der Waals surface area (Å²) in [6.07, 6.45) is 2.93. The van der Waals surface area contributed by atoms with E-state index in [1.807, 2.05) is 18.2 Å². The highest BCUT2D eigenvalue weighted by Crippen LogP contribution is 2.24. The molecule has 3 heterocycles. The summed E-state index contributed by atoms with van der Waals surface area (Å²) in [5.74, 6) is 1.82. The molecule has 0 radical (unpaired) electrons. The molecule has 0 bridgehead atoms. The Hall–Kier alpha value is -2.86. The number of carbonyl (C=O) groups excluding carboxylic acids is 1. The van der Waals surface area contributed by atoms with Gasteiger partial charge in [-0.05, 0) is 56.3 Å². The van der Waals surface area contributed by atoms with Crippen molar-refractivity contribution < 1.29 is 4.79 Å². The van der Waals surface area contributed by atoms with Crippen LogP contribution in [0.4, 0.5) is 5.95 Å². The molecule has 1 amide bonds. The average molecular weight is 432 g/mol. The molecule has 3 aromatic rings.